The highest BCUT2D eigenvalue weighted by atomic mass is 16.1. The summed E-state index contributed by atoms with van der Waals surface area (Å²) in [6.45, 7) is 13.1. The van der Waals surface area contributed by atoms with Gasteiger partial charge in [0.15, 0.2) is 5.96 Å². The molecule has 3 N–H and O–H groups in total. The molecule has 0 rings (SSSR count). The van der Waals surface area contributed by atoms with Crippen molar-refractivity contribution in [2.45, 2.75) is 60.3 Å². The molecule has 0 radical (unpaired) electrons. The van der Waals surface area contributed by atoms with Crippen molar-refractivity contribution in [2.24, 2.45) is 10.4 Å². The second kappa shape index (κ2) is 11.4. The van der Waals surface area contributed by atoms with Gasteiger partial charge in [-0.1, -0.05) is 40.0 Å². The van der Waals surface area contributed by atoms with E-state index in [-0.39, 0.29) is 17.9 Å². The molecule has 0 atom stereocenters. The van der Waals surface area contributed by atoms with Crippen molar-refractivity contribution in [1.82, 2.24) is 16.0 Å². The number of amides is 1. The van der Waals surface area contributed by atoms with Crippen LogP contribution in [0.1, 0.15) is 60.3 Å². The third-order valence-electron chi connectivity index (χ3n) is 3.29. The van der Waals surface area contributed by atoms with Gasteiger partial charge in [-0.2, -0.15) is 0 Å². The monoisotopic (exact) mass is 298 g/mol. The van der Waals surface area contributed by atoms with E-state index in [2.05, 4.69) is 41.7 Å². The number of hydrogen-bond acceptors (Lipinski definition) is 2. The lowest BCUT2D eigenvalue weighted by atomic mass is 9.87. The van der Waals surface area contributed by atoms with E-state index >= 15 is 0 Å². The first-order valence-corrected chi connectivity index (χ1v) is 8.24. The molecule has 5 heteroatoms. The number of unbranched alkanes of at least 4 members (excludes halogenated alkanes) is 2. The molecule has 124 valence electrons. The maximum atomic E-state index is 11.5. The van der Waals surface area contributed by atoms with Crippen LogP contribution < -0.4 is 16.0 Å². The van der Waals surface area contributed by atoms with Gasteiger partial charge in [-0.15, -0.1) is 0 Å². The molecule has 0 aromatic carbocycles. The van der Waals surface area contributed by atoms with E-state index in [4.69, 9.17) is 0 Å². The summed E-state index contributed by atoms with van der Waals surface area (Å²) in [6.07, 6.45) is 5.00. The second-order valence-corrected chi connectivity index (χ2v) is 6.12. The Morgan fingerprint density at radius 1 is 1.00 bits per heavy atom. The quantitative estimate of drug-likeness (QED) is 0.329. The van der Waals surface area contributed by atoms with E-state index in [0.717, 1.165) is 13.1 Å². The van der Waals surface area contributed by atoms with Crippen LogP contribution in [-0.4, -0.2) is 38.0 Å². The standard InChI is InChI=1S/C16H34N4O/c1-6-9-10-11-16(4,5)13-20-15(18-8-3)19-12-14(21)17-7-2/h6-13H2,1-5H3,(H,17,21)(H2,18,19,20). The SMILES string of the molecule is CCCCCC(C)(C)CNC(=NCC(=O)NCC)NCC. The van der Waals surface area contributed by atoms with Gasteiger partial charge >= 0.3 is 0 Å². The highest BCUT2D eigenvalue weighted by Crippen LogP contribution is 2.22. The van der Waals surface area contributed by atoms with Gasteiger partial charge in [0.25, 0.3) is 0 Å². The number of likely N-dealkylation sites (N-methyl/N-ethyl adjacent to an activating group) is 1. The van der Waals surface area contributed by atoms with Crippen molar-refractivity contribution in [3.05, 3.63) is 0 Å². The van der Waals surface area contributed by atoms with E-state index < -0.39 is 0 Å². The summed E-state index contributed by atoms with van der Waals surface area (Å²) in [5.74, 6) is 0.671. The number of carbonyl (C=O) groups is 1. The average Bonchev–Trinajstić information content (AvgIpc) is 2.42. The van der Waals surface area contributed by atoms with Crippen molar-refractivity contribution in [2.75, 3.05) is 26.2 Å². The van der Waals surface area contributed by atoms with Crippen molar-refractivity contribution in [1.29, 1.82) is 0 Å². The summed E-state index contributed by atoms with van der Waals surface area (Å²) < 4.78 is 0. The van der Waals surface area contributed by atoms with Crippen molar-refractivity contribution in [3.8, 4) is 0 Å². The normalized spacial score (nSPS) is 12.1. The van der Waals surface area contributed by atoms with Gasteiger partial charge in [0.1, 0.15) is 6.54 Å². The van der Waals surface area contributed by atoms with E-state index in [1.807, 2.05) is 13.8 Å². The molecule has 1 amide bonds. The van der Waals surface area contributed by atoms with Gasteiger partial charge in [-0.05, 0) is 25.7 Å². The number of hydrogen-bond donors (Lipinski definition) is 3. The number of rotatable bonds is 10. The Labute approximate surface area is 130 Å². The molecule has 0 spiro atoms. The zero-order valence-corrected chi connectivity index (χ0v) is 14.5. The zero-order chi connectivity index (χ0) is 16.1. The highest BCUT2D eigenvalue weighted by Gasteiger charge is 2.17. The Bertz CT molecular complexity index is 313. The Morgan fingerprint density at radius 3 is 2.24 bits per heavy atom. The topological polar surface area (TPSA) is 65.5 Å². The Hall–Kier alpha value is -1.26. The van der Waals surface area contributed by atoms with Crippen LogP contribution in [-0.2, 0) is 4.79 Å². The molecule has 21 heavy (non-hydrogen) atoms. The highest BCUT2D eigenvalue weighted by molar-refractivity contribution is 5.84. The van der Waals surface area contributed by atoms with Crippen LogP contribution in [0.4, 0.5) is 0 Å². The van der Waals surface area contributed by atoms with Gasteiger partial charge in [0.2, 0.25) is 5.91 Å². The fraction of sp³-hybridized carbons (Fsp3) is 0.875. The summed E-state index contributed by atoms with van der Waals surface area (Å²) in [4.78, 5) is 15.8. The molecule has 0 aliphatic rings. The predicted octanol–water partition coefficient (Wildman–Crippen LogP) is 2.28. The number of guanidine groups is 1. The fourth-order valence-corrected chi connectivity index (χ4v) is 2.01. The van der Waals surface area contributed by atoms with E-state index in [1.165, 1.54) is 25.7 Å². The molecule has 0 aromatic rings. The maximum Gasteiger partial charge on any atom is 0.241 e. The molecule has 0 unspecified atom stereocenters. The first-order chi connectivity index (χ1) is 9.95. The zero-order valence-electron chi connectivity index (χ0n) is 14.5. The van der Waals surface area contributed by atoms with Gasteiger partial charge in [-0.25, -0.2) is 4.99 Å². The lowest BCUT2D eigenvalue weighted by Crippen LogP contribution is -2.42. The molecular formula is C16H34N4O. The molecule has 0 fully saturated rings. The lowest BCUT2D eigenvalue weighted by molar-refractivity contribution is -0.119. The molecule has 0 bridgehead atoms. The van der Waals surface area contributed by atoms with Crippen LogP contribution in [0.2, 0.25) is 0 Å². The molecule has 0 aliphatic carbocycles. The second-order valence-electron chi connectivity index (χ2n) is 6.12. The lowest BCUT2D eigenvalue weighted by Gasteiger charge is -2.26. The number of nitrogens with one attached hydrogen (secondary N) is 3. The summed E-state index contributed by atoms with van der Waals surface area (Å²) in [7, 11) is 0. The molecule has 0 aromatic heterocycles. The minimum absolute atomic E-state index is 0.0445. The molecule has 0 saturated heterocycles. The largest absolute Gasteiger partial charge is 0.357 e. The first kappa shape index (κ1) is 19.7. The Morgan fingerprint density at radius 2 is 1.67 bits per heavy atom. The number of aliphatic imine (C=N–C) groups is 1. The van der Waals surface area contributed by atoms with Crippen molar-refractivity contribution in [3.63, 3.8) is 0 Å². The van der Waals surface area contributed by atoms with Crippen LogP contribution in [0.15, 0.2) is 4.99 Å². The van der Waals surface area contributed by atoms with E-state index in [9.17, 15) is 4.79 Å². The van der Waals surface area contributed by atoms with E-state index in [1.54, 1.807) is 0 Å². The summed E-state index contributed by atoms with van der Waals surface area (Å²) in [5.41, 5.74) is 0.233. The molecule has 0 saturated carbocycles. The number of nitrogens with zero attached hydrogens (tertiary/aromatic N) is 1. The van der Waals surface area contributed by atoms with Gasteiger partial charge in [0, 0.05) is 19.6 Å². The van der Waals surface area contributed by atoms with E-state index in [0.29, 0.717) is 12.5 Å². The van der Waals surface area contributed by atoms with Crippen LogP contribution in [0.3, 0.4) is 0 Å². The fourth-order valence-electron chi connectivity index (χ4n) is 2.01. The summed E-state index contributed by atoms with van der Waals surface area (Å²) in [5, 5.41) is 9.27. The van der Waals surface area contributed by atoms with Crippen molar-refractivity contribution >= 4 is 11.9 Å². The third-order valence-corrected chi connectivity index (χ3v) is 3.29. The smallest absolute Gasteiger partial charge is 0.241 e. The third kappa shape index (κ3) is 11.1. The molecule has 0 aliphatic heterocycles. The predicted molar refractivity (Wildman–Crippen MR) is 90.6 cm³/mol. The first-order valence-electron chi connectivity index (χ1n) is 8.24. The minimum atomic E-state index is -0.0445. The summed E-state index contributed by atoms with van der Waals surface area (Å²) in [6, 6.07) is 0. The van der Waals surface area contributed by atoms with Crippen LogP contribution in [0, 0.1) is 5.41 Å². The average molecular weight is 298 g/mol. The molecule has 0 heterocycles. The van der Waals surface area contributed by atoms with Crippen LogP contribution in [0.5, 0.6) is 0 Å². The maximum absolute atomic E-state index is 11.5. The van der Waals surface area contributed by atoms with Crippen molar-refractivity contribution < 1.29 is 4.79 Å². The van der Waals surface area contributed by atoms with Crippen LogP contribution >= 0.6 is 0 Å². The van der Waals surface area contributed by atoms with Crippen LogP contribution in [0.25, 0.3) is 0 Å². The minimum Gasteiger partial charge on any atom is -0.357 e. The Kier molecular flexibility index (Phi) is 10.7. The number of carbonyl (C=O) groups excluding carboxylic acids is 1. The Balaban J connectivity index is 4.29. The molecule has 5 nitrogen and oxygen atoms in total. The van der Waals surface area contributed by atoms with Gasteiger partial charge < -0.3 is 16.0 Å². The summed E-state index contributed by atoms with van der Waals surface area (Å²) >= 11 is 0. The van der Waals surface area contributed by atoms with Gasteiger partial charge in [0.05, 0.1) is 0 Å². The molecular weight excluding hydrogens is 264 g/mol. The van der Waals surface area contributed by atoms with Gasteiger partial charge in [-0.3, -0.25) is 4.79 Å².